The minimum absolute atomic E-state index is 0.0968. The van der Waals surface area contributed by atoms with Crippen LogP contribution < -0.4 is 10.6 Å². The number of rotatable bonds is 8. The molecule has 0 spiro atoms. The normalized spacial score (nSPS) is 10.3. The lowest BCUT2D eigenvalue weighted by Crippen LogP contribution is -2.41. The molecule has 0 fully saturated rings. The molecule has 1 rings (SSSR count). The largest absolute Gasteiger partial charge is 0.444 e. The number of nitrogens with one attached hydrogen (secondary N) is 2. The van der Waals surface area contributed by atoms with Crippen LogP contribution >= 0.6 is 0 Å². The maximum absolute atomic E-state index is 13.3. The number of aromatic nitrogens is 2. The standard InChI is InChI=1S/C22H34FN5O3.2C2H6/c1-8-12-25-18-16(14-26-19(23)27-18)9-10-22(5,6)11-13-24-17(29)15-28(7)20(30)31-21(2,3)4;2*1-2/h14H,8,11-13,15H2,1-7H3,(H,24,29)(H,25,26,27);2*1-2H3. The molecule has 1 aromatic heterocycles. The van der Waals surface area contributed by atoms with Crippen molar-refractivity contribution in [2.24, 2.45) is 5.41 Å². The molecule has 200 valence electrons. The van der Waals surface area contributed by atoms with Crippen molar-refractivity contribution in [3.05, 3.63) is 17.8 Å². The zero-order valence-corrected chi connectivity index (χ0v) is 23.6. The Balaban J connectivity index is 0. The first-order valence-electron chi connectivity index (χ1n) is 12.3. The Labute approximate surface area is 211 Å². The van der Waals surface area contributed by atoms with E-state index in [1.807, 2.05) is 48.5 Å². The van der Waals surface area contributed by atoms with Crippen molar-refractivity contribution in [2.75, 3.05) is 32.0 Å². The summed E-state index contributed by atoms with van der Waals surface area (Å²) in [5.41, 5.74) is -0.516. The zero-order chi connectivity index (χ0) is 27.7. The number of likely N-dealkylation sites (N-methyl/N-ethyl adjacent to an activating group) is 1. The molecule has 0 unspecified atom stereocenters. The van der Waals surface area contributed by atoms with E-state index >= 15 is 0 Å². The smallest absolute Gasteiger partial charge is 0.410 e. The lowest BCUT2D eigenvalue weighted by molar-refractivity contribution is -0.122. The Hall–Kier alpha value is -2.89. The summed E-state index contributed by atoms with van der Waals surface area (Å²) in [7, 11) is 1.51. The molecule has 0 saturated carbocycles. The van der Waals surface area contributed by atoms with E-state index in [9.17, 15) is 14.0 Å². The third-order valence-electron chi connectivity index (χ3n) is 4.00. The maximum Gasteiger partial charge on any atom is 0.410 e. The van der Waals surface area contributed by atoms with Gasteiger partial charge in [0.2, 0.25) is 5.91 Å². The second kappa shape index (κ2) is 17.5. The van der Waals surface area contributed by atoms with Crippen LogP contribution in [0.3, 0.4) is 0 Å². The van der Waals surface area contributed by atoms with Gasteiger partial charge in [0.05, 0.1) is 11.8 Å². The van der Waals surface area contributed by atoms with E-state index in [1.165, 1.54) is 18.1 Å². The minimum atomic E-state index is -0.803. The van der Waals surface area contributed by atoms with Crippen LogP contribution in [0.1, 0.15) is 87.6 Å². The van der Waals surface area contributed by atoms with Crippen LogP contribution in [0, 0.1) is 23.3 Å². The van der Waals surface area contributed by atoms with Gasteiger partial charge in [-0.25, -0.2) is 9.78 Å². The number of hydrogen-bond acceptors (Lipinski definition) is 6. The van der Waals surface area contributed by atoms with Crippen LogP contribution in [-0.2, 0) is 9.53 Å². The fourth-order valence-electron chi connectivity index (χ4n) is 2.32. The highest BCUT2D eigenvalue weighted by molar-refractivity contribution is 5.82. The zero-order valence-electron chi connectivity index (χ0n) is 23.6. The minimum Gasteiger partial charge on any atom is -0.444 e. The van der Waals surface area contributed by atoms with Crippen LogP contribution in [0.4, 0.5) is 15.0 Å². The van der Waals surface area contributed by atoms with Gasteiger partial charge in [0.25, 0.3) is 0 Å². The Morgan fingerprint density at radius 1 is 1.11 bits per heavy atom. The monoisotopic (exact) mass is 495 g/mol. The highest BCUT2D eigenvalue weighted by Crippen LogP contribution is 2.19. The topological polar surface area (TPSA) is 96.5 Å². The molecule has 0 aliphatic carbocycles. The van der Waals surface area contributed by atoms with Gasteiger partial charge in [-0.2, -0.15) is 9.37 Å². The number of halogens is 1. The second-order valence-electron chi connectivity index (χ2n) is 8.90. The Bertz CT molecular complexity index is 827. The highest BCUT2D eigenvalue weighted by atomic mass is 19.1. The molecular weight excluding hydrogens is 449 g/mol. The molecule has 0 saturated heterocycles. The first-order chi connectivity index (χ1) is 16.3. The molecule has 0 radical (unpaired) electrons. The molecule has 2 amide bonds. The second-order valence-corrected chi connectivity index (χ2v) is 8.90. The summed E-state index contributed by atoms with van der Waals surface area (Å²) in [6.45, 7) is 20.1. The van der Waals surface area contributed by atoms with Gasteiger partial charge in [0.15, 0.2) is 0 Å². The summed E-state index contributed by atoms with van der Waals surface area (Å²) in [6, 6.07) is 0. The highest BCUT2D eigenvalue weighted by Gasteiger charge is 2.21. The van der Waals surface area contributed by atoms with Gasteiger partial charge in [0.1, 0.15) is 18.0 Å². The molecule has 8 nitrogen and oxygen atoms in total. The summed E-state index contributed by atoms with van der Waals surface area (Å²) in [5, 5.41) is 5.84. The lowest BCUT2D eigenvalue weighted by atomic mass is 9.90. The van der Waals surface area contributed by atoms with Crippen molar-refractivity contribution < 1.29 is 18.7 Å². The molecule has 1 heterocycles. The summed E-state index contributed by atoms with van der Waals surface area (Å²) in [4.78, 5) is 32.6. The average Bonchev–Trinajstić information content (AvgIpc) is 2.78. The molecule has 9 heteroatoms. The number of anilines is 1. The number of carbonyl (C=O) groups is 2. The van der Waals surface area contributed by atoms with E-state index in [-0.39, 0.29) is 12.5 Å². The van der Waals surface area contributed by atoms with Gasteiger partial charge in [-0.05, 0) is 47.5 Å². The van der Waals surface area contributed by atoms with Gasteiger partial charge in [-0.1, -0.05) is 46.5 Å². The van der Waals surface area contributed by atoms with Crippen LogP contribution in [0.15, 0.2) is 6.20 Å². The van der Waals surface area contributed by atoms with Crippen molar-refractivity contribution in [1.82, 2.24) is 20.2 Å². The summed E-state index contributed by atoms with van der Waals surface area (Å²) < 4.78 is 18.6. The van der Waals surface area contributed by atoms with Crippen LogP contribution in [0.5, 0.6) is 0 Å². The van der Waals surface area contributed by atoms with Crippen molar-refractivity contribution in [1.29, 1.82) is 0 Å². The Morgan fingerprint density at radius 2 is 1.71 bits per heavy atom. The van der Waals surface area contributed by atoms with Crippen LogP contribution in [0.2, 0.25) is 0 Å². The fraction of sp³-hybridized carbons (Fsp3) is 0.692. The van der Waals surface area contributed by atoms with Gasteiger partial charge in [-0.3, -0.25) is 4.79 Å². The molecule has 0 aliphatic rings. The predicted molar refractivity (Wildman–Crippen MR) is 141 cm³/mol. The third kappa shape index (κ3) is 16.4. The van der Waals surface area contributed by atoms with Gasteiger partial charge in [-0.15, -0.1) is 0 Å². The molecule has 0 atom stereocenters. The van der Waals surface area contributed by atoms with Gasteiger partial charge in [0, 0.05) is 25.6 Å². The molecule has 0 aromatic carbocycles. The number of carbonyl (C=O) groups excluding carboxylic acids is 2. The molecule has 1 aromatic rings. The van der Waals surface area contributed by atoms with Crippen LogP contribution in [-0.4, -0.2) is 59.2 Å². The number of amides is 2. The summed E-state index contributed by atoms with van der Waals surface area (Å²) >= 11 is 0. The molecule has 0 aliphatic heterocycles. The molecule has 35 heavy (non-hydrogen) atoms. The van der Waals surface area contributed by atoms with Gasteiger partial charge < -0.3 is 20.3 Å². The maximum atomic E-state index is 13.3. The number of hydrogen-bond donors (Lipinski definition) is 2. The molecule has 0 bridgehead atoms. The third-order valence-corrected chi connectivity index (χ3v) is 4.00. The van der Waals surface area contributed by atoms with E-state index in [1.54, 1.807) is 20.8 Å². The summed E-state index contributed by atoms with van der Waals surface area (Å²) in [5.74, 6) is 6.24. The van der Waals surface area contributed by atoms with E-state index in [2.05, 4.69) is 32.4 Å². The first-order valence-corrected chi connectivity index (χ1v) is 12.3. The van der Waals surface area contributed by atoms with Gasteiger partial charge >= 0.3 is 12.2 Å². The van der Waals surface area contributed by atoms with E-state index in [4.69, 9.17) is 4.74 Å². The van der Waals surface area contributed by atoms with Crippen LogP contribution in [0.25, 0.3) is 0 Å². The SMILES string of the molecule is CC.CC.CCCNc1nc(F)ncc1C#CC(C)(C)CCNC(=O)CN(C)C(=O)OC(C)(C)C. The quantitative estimate of drug-likeness (QED) is 0.378. The molecule has 2 N–H and O–H groups in total. The number of ether oxygens (including phenoxy) is 1. The Kier molecular flexibility index (Phi) is 17.2. The number of nitrogens with zero attached hydrogens (tertiary/aromatic N) is 3. The molecular formula is C26H46FN5O3. The van der Waals surface area contributed by atoms with E-state index in [0.717, 1.165) is 6.42 Å². The van der Waals surface area contributed by atoms with E-state index in [0.29, 0.717) is 30.9 Å². The van der Waals surface area contributed by atoms with Crippen molar-refractivity contribution >= 4 is 17.8 Å². The van der Waals surface area contributed by atoms with Crippen molar-refractivity contribution in [2.45, 2.75) is 87.7 Å². The van der Waals surface area contributed by atoms with Crippen molar-refractivity contribution in [3.8, 4) is 11.8 Å². The average molecular weight is 496 g/mol. The first kappa shape index (κ1) is 34.3. The fourth-order valence-corrected chi connectivity index (χ4v) is 2.32. The van der Waals surface area contributed by atoms with E-state index < -0.39 is 23.2 Å². The predicted octanol–water partition coefficient (Wildman–Crippen LogP) is 5.24. The van der Waals surface area contributed by atoms with Crippen molar-refractivity contribution in [3.63, 3.8) is 0 Å². The Morgan fingerprint density at radius 3 is 2.26 bits per heavy atom. The summed E-state index contributed by atoms with van der Waals surface area (Å²) in [6.07, 6.45) is 1.46. The lowest BCUT2D eigenvalue weighted by Gasteiger charge is -2.24.